The lowest BCUT2D eigenvalue weighted by Gasteiger charge is -2.18. The smallest absolute Gasteiger partial charge is 0.258 e. The summed E-state index contributed by atoms with van der Waals surface area (Å²) in [5.41, 5.74) is 2.39. The molecule has 0 radical (unpaired) electrons. The summed E-state index contributed by atoms with van der Waals surface area (Å²) in [5, 5.41) is 5.05. The number of hydrogen-bond acceptors (Lipinski definition) is 4. The van der Waals surface area contributed by atoms with E-state index in [1.807, 2.05) is 36.4 Å². The van der Waals surface area contributed by atoms with Gasteiger partial charge >= 0.3 is 0 Å². The third-order valence-corrected chi connectivity index (χ3v) is 6.61. The molecule has 0 heterocycles. The van der Waals surface area contributed by atoms with Gasteiger partial charge in [-0.05, 0) is 67.1 Å². The SMILES string of the molecule is CC(=O)c1ccc(NC(=O)C(Sc2cccc(NC(=O)c3ccccc3F)c2)c2ccccc2)cc1. The van der Waals surface area contributed by atoms with Crippen molar-refractivity contribution in [3.63, 3.8) is 0 Å². The Balaban J connectivity index is 1.54. The van der Waals surface area contributed by atoms with E-state index >= 15 is 0 Å². The van der Waals surface area contributed by atoms with Gasteiger partial charge in [0.05, 0.1) is 5.56 Å². The van der Waals surface area contributed by atoms with Gasteiger partial charge in [0.2, 0.25) is 5.91 Å². The van der Waals surface area contributed by atoms with Crippen LogP contribution >= 0.6 is 11.8 Å². The predicted molar refractivity (Wildman–Crippen MR) is 141 cm³/mol. The molecule has 0 bridgehead atoms. The van der Waals surface area contributed by atoms with Gasteiger partial charge in [-0.15, -0.1) is 11.8 Å². The molecule has 180 valence electrons. The molecule has 2 N–H and O–H groups in total. The van der Waals surface area contributed by atoms with E-state index in [0.717, 1.165) is 10.5 Å². The zero-order valence-corrected chi connectivity index (χ0v) is 20.2. The summed E-state index contributed by atoms with van der Waals surface area (Å²) in [7, 11) is 0. The Morgan fingerprint density at radius 2 is 1.44 bits per heavy atom. The molecule has 0 aromatic heterocycles. The maximum Gasteiger partial charge on any atom is 0.258 e. The first-order valence-corrected chi connectivity index (χ1v) is 12.1. The van der Waals surface area contributed by atoms with Gasteiger partial charge < -0.3 is 10.6 Å². The van der Waals surface area contributed by atoms with Gasteiger partial charge in [0.1, 0.15) is 11.1 Å². The molecule has 0 aliphatic rings. The van der Waals surface area contributed by atoms with Gasteiger partial charge in [-0.2, -0.15) is 0 Å². The van der Waals surface area contributed by atoms with E-state index in [-0.39, 0.29) is 17.3 Å². The summed E-state index contributed by atoms with van der Waals surface area (Å²) in [6.07, 6.45) is 0. The summed E-state index contributed by atoms with van der Waals surface area (Å²) >= 11 is 1.33. The fourth-order valence-electron chi connectivity index (χ4n) is 3.52. The number of carbonyl (C=O) groups excluding carboxylic acids is 3. The van der Waals surface area contributed by atoms with E-state index in [2.05, 4.69) is 10.6 Å². The number of ketones is 1. The zero-order valence-electron chi connectivity index (χ0n) is 19.4. The van der Waals surface area contributed by atoms with Gasteiger partial charge in [-0.3, -0.25) is 14.4 Å². The van der Waals surface area contributed by atoms with E-state index in [9.17, 15) is 18.8 Å². The monoisotopic (exact) mass is 498 g/mol. The van der Waals surface area contributed by atoms with Crippen molar-refractivity contribution in [2.45, 2.75) is 17.1 Å². The van der Waals surface area contributed by atoms with Crippen LogP contribution in [0.2, 0.25) is 0 Å². The Labute approximate surface area is 212 Å². The second kappa shape index (κ2) is 11.5. The third-order valence-electron chi connectivity index (χ3n) is 5.36. The van der Waals surface area contributed by atoms with Crippen molar-refractivity contribution in [3.8, 4) is 0 Å². The lowest BCUT2D eigenvalue weighted by Crippen LogP contribution is -2.19. The zero-order chi connectivity index (χ0) is 25.5. The lowest BCUT2D eigenvalue weighted by atomic mass is 10.1. The van der Waals surface area contributed by atoms with Crippen LogP contribution in [0.1, 0.15) is 38.5 Å². The molecule has 5 nitrogen and oxygen atoms in total. The van der Waals surface area contributed by atoms with Crippen molar-refractivity contribution in [1.82, 2.24) is 0 Å². The van der Waals surface area contributed by atoms with E-state index in [1.54, 1.807) is 48.5 Å². The normalized spacial score (nSPS) is 11.4. The Morgan fingerprint density at radius 3 is 2.14 bits per heavy atom. The van der Waals surface area contributed by atoms with Crippen LogP contribution in [0.25, 0.3) is 0 Å². The number of hydrogen-bond donors (Lipinski definition) is 2. The average Bonchev–Trinajstić information content (AvgIpc) is 2.88. The van der Waals surface area contributed by atoms with Crippen LogP contribution in [0.3, 0.4) is 0 Å². The van der Waals surface area contributed by atoms with Gasteiger partial charge in [0, 0.05) is 21.8 Å². The van der Waals surface area contributed by atoms with Gasteiger partial charge in [0.25, 0.3) is 5.91 Å². The van der Waals surface area contributed by atoms with Crippen molar-refractivity contribution in [3.05, 3.63) is 126 Å². The number of thioether (sulfide) groups is 1. The molecule has 0 aliphatic heterocycles. The lowest BCUT2D eigenvalue weighted by molar-refractivity contribution is -0.115. The highest BCUT2D eigenvalue weighted by Gasteiger charge is 2.23. The summed E-state index contributed by atoms with van der Waals surface area (Å²) in [6.45, 7) is 1.49. The van der Waals surface area contributed by atoms with Crippen LogP contribution in [0, 0.1) is 5.82 Å². The molecule has 1 unspecified atom stereocenters. The minimum Gasteiger partial charge on any atom is -0.325 e. The highest BCUT2D eigenvalue weighted by molar-refractivity contribution is 8.00. The molecule has 0 spiro atoms. The summed E-state index contributed by atoms with van der Waals surface area (Å²) in [5.74, 6) is -1.44. The topological polar surface area (TPSA) is 75.3 Å². The quantitative estimate of drug-likeness (QED) is 0.208. The van der Waals surface area contributed by atoms with E-state index in [4.69, 9.17) is 0 Å². The molecule has 0 saturated heterocycles. The number of nitrogens with one attached hydrogen (secondary N) is 2. The molecule has 4 rings (SSSR count). The molecule has 0 fully saturated rings. The minimum atomic E-state index is -0.599. The number of anilines is 2. The van der Waals surface area contributed by atoms with Gasteiger partial charge in [-0.25, -0.2) is 4.39 Å². The fourth-order valence-corrected chi connectivity index (χ4v) is 4.61. The fraction of sp³-hybridized carbons (Fsp3) is 0.0690. The number of rotatable bonds is 8. The summed E-state index contributed by atoms with van der Waals surface area (Å²) < 4.78 is 14.0. The van der Waals surface area contributed by atoms with Crippen LogP contribution in [-0.4, -0.2) is 17.6 Å². The number of carbonyl (C=O) groups is 3. The Bertz CT molecular complexity index is 1390. The molecule has 1 atom stereocenters. The second-order valence-electron chi connectivity index (χ2n) is 7.99. The molecule has 0 aliphatic carbocycles. The number of benzene rings is 4. The number of Topliss-reactive ketones (excluding diaryl/α,β-unsaturated/α-hetero) is 1. The van der Waals surface area contributed by atoms with Gasteiger partial charge in [0.15, 0.2) is 5.78 Å². The molecule has 4 aromatic carbocycles. The molecule has 7 heteroatoms. The number of halogens is 1. The maximum absolute atomic E-state index is 14.0. The molecule has 2 amide bonds. The van der Waals surface area contributed by atoms with Crippen LogP contribution in [0.15, 0.2) is 108 Å². The van der Waals surface area contributed by atoms with Crippen LogP contribution in [0.5, 0.6) is 0 Å². The standard InChI is InChI=1S/C29H23FN2O3S/c1-19(33)20-14-16-22(17-15-20)31-29(35)27(21-8-3-2-4-9-21)36-24-11-7-10-23(18-24)32-28(34)25-12-5-6-13-26(25)30/h2-18,27H,1H3,(H,31,35)(H,32,34). The Kier molecular flexibility index (Phi) is 7.92. The molecular formula is C29H23FN2O3S. The third kappa shape index (κ3) is 6.25. The van der Waals surface area contributed by atoms with Crippen LogP contribution in [-0.2, 0) is 4.79 Å². The van der Waals surface area contributed by atoms with Gasteiger partial charge in [-0.1, -0.05) is 48.5 Å². The molecular weight excluding hydrogens is 475 g/mol. The van der Waals surface area contributed by atoms with Crippen LogP contribution < -0.4 is 10.6 Å². The molecule has 0 saturated carbocycles. The van der Waals surface area contributed by atoms with Crippen molar-refractivity contribution >= 4 is 40.7 Å². The van der Waals surface area contributed by atoms with Crippen molar-refractivity contribution < 1.29 is 18.8 Å². The van der Waals surface area contributed by atoms with Crippen molar-refractivity contribution in [1.29, 1.82) is 0 Å². The average molecular weight is 499 g/mol. The molecule has 4 aromatic rings. The Hall–Kier alpha value is -4.23. The molecule has 36 heavy (non-hydrogen) atoms. The minimum absolute atomic E-state index is 0.0483. The largest absolute Gasteiger partial charge is 0.325 e. The predicted octanol–water partition coefficient (Wildman–Crippen LogP) is 6.75. The first-order valence-electron chi connectivity index (χ1n) is 11.2. The highest BCUT2D eigenvalue weighted by Crippen LogP contribution is 2.37. The van der Waals surface area contributed by atoms with E-state index < -0.39 is 17.0 Å². The highest BCUT2D eigenvalue weighted by atomic mass is 32.2. The summed E-state index contributed by atoms with van der Waals surface area (Å²) in [6, 6.07) is 28.9. The van der Waals surface area contributed by atoms with E-state index in [0.29, 0.717) is 16.9 Å². The van der Waals surface area contributed by atoms with Crippen molar-refractivity contribution in [2.24, 2.45) is 0 Å². The maximum atomic E-state index is 14.0. The first-order chi connectivity index (χ1) is 17.4. The van der Waals surface area contributed by atoms with E-state index in [1.165, 1.54) is 36.9 Å². The number of amides is 2. The van der Waals surface area contributed by atoms with Crippen LogP contribution in [0.4, 0.5) is 15.8 Å². The van der Waals surface area contributed by atoms with Crippen molar-refractivity contribution in [2.75, 3.05) is 10.6 Å². The Morgan fingerprint density at radius 1 is 0.750 bits per heavy atom. The first kappa shape index (κ1) is 24.9. The summed E-state index contributed by atoms with van der Waals surface area (Å²) in [4.78, 5) is 38.1. The second-order valence-corrected chi connectivity index (χ2v) is 9.17.